The van der Waals surface area contributed by atoms with Crippen LogP contribution >= 0.6 is 0 Å². The van der Waals surface area contributed by atoms with Gasteiger partial charge in [0, 0.05) is 0 Å². The number of rotatable bonds is 7. The van der Waals surface area contributed by atoms with Gasteiger partial charge < -0.3 is 14.8 Å². The zero-order valence-corrected chi connectivity index (χ0v) is 14.7. The molecule has 0 spiro atoms. The summed E-state index contributed by atoms with van der Waals surface area (Å²) in [6, 6.07) is 14.1. The summed E-state index contributed by atoms with van der Waals surface area (Å²) in [6.07, 6.45) is 0.147. The van der Waals surface area contributed by atoms with Gasteiger partial charge in [-0.2, -0.15) is 0 Å². The van der Waals surface area contributed by atoms with Crippen LogP contribution in [-0.4, -0.2) is 25.6 Å². The third kappa shape index (κ3) is 5.08. The normalized spacial score (nSPS) is 11.5. The topological polar surface area (TPSA) is 64.6 Å². The molecule has 0 radical (unpaired) electrons. The average molecular weight is 341 g/mol. The minimum atomic E-state index is -0.820. The summed E-state index contributed by atoms with van der Waals surface area (Å²) in [5, 5.41) is 2.71. The van der Waals surface area contributed by atoms with E-state index < -0.39 is 12.0 Å². The van der Waals surface area contributed by atoms with E-state index in [4.69, 9.17) is 9.47 Å². The smallest absolute Gasteiger partial charge is 0.333 e. The Morgan fingerprint density at radius 1 is 1.00 bits per heavy atom. The second-order valence-electron chi connectivity index (χ2n) is 5.75. The van der Waals surface area contributed by atoms with Gasteiger partial charge in [0.2, 0.25) is 5.91 Å². The Morgan fingerprint density at radius 2 is 1.64 bits per heavy atom. The molecule has 0 saturated heterocycles. The minimum absolute atomic E-state index is 0.147. The van der Waals surface area contributed by atoms with Crippen LogP contribution in [0.3, 0.4) is 0 Å². The Kier molecular flexibility index (Phi) is 6.57. The number of carbonyl (C=O) groups excluding carboxylic acids is 2. The van der Waals surface area contributed by atoms with Crippen LogP contribution in [0.4, 0.5) is 0 Å². The second kappa shape index (κ2) is 8.87. The number of benzene rings is 2. The fraction of sp³-hybridized carbons (Fsp3) is 0.300. The summed E-state index contributed by atoms with van der Waals surface area (Å²) >= 11 is 0. The lowest BCUT2D eigenvalue weighted by Gasteiger charge is -2.17. The van der Waals surface area contributed by atoms with Gasteiger partial charge in [-0.25, -0.2) is 4.79 Å². The van der Waals surface area contributed by atoms with Crippen molar-refractivity contribution in [3.8, 4) is 5.75 Å². The molecule has 5 heteroatoms. The van der Waals surface area contributed by atoms with Crippen molar-refractivity contribution >= 4 is 11.9 Å². The van der Waals surface area contributed by atoms with Gasteiger partial charge in [0.1, 0.15) is 5.75 Å². The molecule has 0 aliphatic rings. The first-order chi connectivity index (χ1) is 12.0. The Bertz CT molecular complexity index is 707. The zero-order chi connectivity index (χ0) is 18.2. The van der Waals surface area contributed by atoms with Crippen LogP contribution in [-0.2, 0) is 14.3 Å². The van der Waals surface area contributed by atoms with Crippen LogP contribution < -0.4 is 10.1 Å². The van der Waals surface area contributed by atoms with Crippen LogP contribution in [0.5, 0.6) is 5.75 Å². The molecule has 1 amide bonds. The van der Waals surface area contributed by atoms with Crippen molar-refractivity contribution in [2.45, 2.75) is 26.3 Å². The highest BCUT2D eigenvalue weighted by Crippen LogP contribution is 2.22. The van der Waals surface area contributed by atoms with Gasteiger partial charge in [-0.3, -0.25) is 4.79 Å². The van der Waals surface area contributed by atoms with Crippen LogP contribution in [0, 0.1) is 13.8 Å². The Morgan fingerprint density at radius 3 is 2.24 bits per heavy atom. The molecule has 0 saturated carbocycles. The number of esters is 1. The molecule has 0 bridgehead atoms. The molecule has 5 nitrogen and oxygen atoms in total. The minimum Gasteiger partial charge on any atom is -0.493 e. The van der Waals surface area contributed by atoms with E-state index in [0.29, 0.717) is 5.56 Å². The zero-order valence-electron chi connectivity index (χ0n) is 14.7. The molecule has 0 aliphatic carbocycles. The third-order valence-corrected chi connectivity index (χ3v) is 3.86. The van der Waals surface area contributed by atoms with Gasteiger partial charge in [-0.05, 0) is 30.5 Å². The SMILES string of the molecule is COC(=O)C(NC(=O)CCOc1c(C)cccc1C)c1ccccc1. The molecule has 1 N–H and O–H groups in total. The van der Waals surface area contributed by atoms with E-state index >= 15 is 0 Å². The molecule has 1 atom stereocenters. The summed E-state index contributed by atoms with van der Waals surface area (Å²) in [7, 11) is 1.30. The van der Waals surface area contributed by atoms with Crippen LogP contribution in [0.2, 0.25) is 0 Å². The first-order valence-corrected chi connectivity index (χ1v) is 8.14. The number of para-hydroxylation sites is 1. The number of carbonyl (C=O) groups is 2. The Balaban J connectivity index is 1.94. The van der Waals surface area contributed by atoms with Crippen LogP contribution in [0.1, 0.15) is 29.2 Å². The van der Waals surface area contributed by atoms with Gasteiger partial charge in [0.15, 0.2) is 6.04 Å². The largest absolute Gasteiger partial charge is 0.493 e. The summed E-state index contributed by atoms with van der Waals surface area (Å²) in [5.41, 5.74) is 2.73. The van der Waals surface area contributed by atoms with Crippen molar-refractivity contribution in [1.82, 2.24) is 5.32 Å². The highest BCUT2D eigenvalue weighted by atomic mass is 16.5. The molecule has 1 unspecified atom stereocenters. The van der Waals surface area contributed by atoms with E-state index in [2.05, 4.69) is 5.32 Å². The van der Waals surface area contributed by atoms with E-state index in [9.17, 15) is 9.59 Å². The van der Waals surface area contributed by atoms with E-state index in [-0.39, 0.29) is 18.9 Å². The number of aryl methyl sites for hydroxylation is 2. The van der Waals surface area contributed by atoms with E-state index in [1.807, 2.05) is 50.2 Å². The summed E-state index contributed by atoms with van der Waals surface area (Å²) in [4.78, 5) is 24.2. The van der Waals surface area contributed by atoms with Crippen molar-refractivity contribution in [1.29, 1.82) is 0 Å². The molecule has 2 rings (SSSR count). The van der Waals surface area contributed by atoms with E-state index in [1.165, 1.54) is 7.11 Å². The van der Waals surface area contributed by atoms with Crippen molar-refractivity contribution < 1.29 is 19.1 Å². The Labute approximate surface area is 148 Å². The van der Waals surface area contributed by atoms with E-state index in [0.717, 1.165) is 16.9 Å². The maximum Gasteiger partial charge on any atom is 0.333 e. The second-order valence-corrected chi connectivity index (χ2v) is 5.75. The van der Waals surface area contributed by atoms with Crippen LogP contribution in [0.15, 0.2) is 48.5 Å². The summed E-state index contributed by atoms with van der Waals surface area (Å²) in [6.45, 7) is 4.16. The molecular formula is C20H23NO4. The number of methoxy groups -OCH3 is 1. The van der Waals surface area contributed by atoms with Crippen molar-refractivity contribution in [2.24, 2.45) is 0 Å². The Hall–Kier alpha value is -2.82. The molecule has 132 valence electrons. The lowest BCUT2D eigenvalue weighted by atomic mass is 10.1. The molecule has 0 fully saturated rings. The van der Waals surface area contributed by atoms with Gasteiger partial charge >= 0.3 is 5.97 Å². The summed E-state index contributed by atoms with van der Waals surface area (Å²) in [5.74, 6) is 0.0172. The maximum absolute atomic E-state index is 12.2. The number of nitrogens with one attached hydrogen (secondary N) is 1. The van der Waals surface area contributed by atoms with Crippen molar-refractivity contribution in [2.75, 3.05) is 13.7 Å². The van der Waals surface area contributed by atoms with Crippen LogP contribution in [0.25, 0.3) is 0 Å². The molecule has 0 aromatic heterocycles. The fourth-order valence-corrected chi connectivity index (χ4v) is 2.55. The van der Waals surface area contributed by atoms with Gasteiger partial charge in [-0.1, -0.05) is 48.5 Å². The predicted octanol–water partition coefficient (Wildman–Crippen LogP) is 3.10. The predicted molar refractivity (Wildman–Crippen MR) is 95.4 cm³/mol. The highest BCUT2D eigenvalue weighted by molar-refractivity contribution is 5.85. The molecular weight excluding hydrogens is 318 g/mol. The number of hydrogen-bond acceptors (Lipinski definition) is 4. The first kappa shape index (κ1) is 18.5. The fourth-order valence-electron chi connectivity index (χ4n) is 2.55. The molecule has 0 heterocycles. The monoisotopic (exact) mass is 341 g/mol. The number of amides is 1. The van der Waals surface area contributed by atoms with E-state index in [1.54, 1.807) is 12.1 Å². The molecule has 2 aromatic rings. The molecule has 25 heavy (non-hydrogen) atoms. The average Bonchev–Trinajstić information content (AvgIpc) is 2.62. The third-order valence-electron chi connectivity index (χ3n) is 3.86. The summed E-state index contributed by atoms with van der Waals surface area (Å²) < 4.78 is 10.5. The number of hydrogen-bond donors (Lipinski definition) is 1. The van der Waals surface area contributed by atoms with Gasteiger partial charge in [-0.15, -0.1) is 0 Å². The first-order valence-electron chi connectivity index (χ1n) is 8.14. The molecule has 2 aromatic carbocycles. The number of ether oxygens (including phenoxy) is 2. The lowest BCUT2D eigenvalue weighted by Crippen LogP contribution is -2.35. The highest BCUT2D eigenvalue weighted by Gasteiger charge is 2.23. The van der Waals surface area contributed by atoms with Gasteiger partial charge in [0.05, 0.1) is 20.1 Å². The van der Waals surface area contributed by atoms with Crippen molar-refractivity contribution in [3.63, 3.8) is 0 Å². The van der Waals surface area contributed by atoms with Crippen molar-refractivity contribution in [3.05, 3.63) is 65.2 Å². The molecule has 0 aliphatic heterocycles. The van der Waals surface area contributed by atoms with Gasteiger partial charge in [0.25, 0.3) is 0 Å². The standard InChI is InChI=1S/C20H23NO4/c1-14-8-7-9-15(2)19(14)25-13-12-17(22)21-18(20(23)24-3)16-10-5-4-6-11-16/h4-11,18H,12-13H2,1-3H3,(H,21,22). The lowest BCUT2D eigenvalue weighted by molar-refractivity contribution is -0.145. The maximum atomic E-state index is 12.2. The quantitative estimate of drug-likeness (QED) is 0.786.